The smallest absolute Gasteiger partial charge is 0.257 e. The third kappa shape index (κ3) is 3.01. The molecule has 0 atom stereocenters. The Morgan fingerprint density at radius 2 is 1.92 bits per heavy atom. The Labute approximate surface area is 148 Å². The third-order valence-electron chi connectivity index (χ3n) is 3.85. The fourth-order valence-electron chi connectivity index (χ4n) is 2.55. The molecule has 2 aromatic carbocycles. The van der Waals surface area contributed by atoms with Gasteiger partial charge in [0, 0.05) is 11.3 Å². The molecule has 0 saturated heterocycles. The molecule has 0 fully saturated rings. The summed E-state index contributed by atoms with van der Waals surface area (Å²) < 4.78 is 2.00. The van der Waals surface area contributed by atoms with E-state index in [1.54, 1.807) is 18.5 Å². The zero-order chi connectivity index (χ0) is 17.2. The van der Waals surface area contributed by atoms with Gasteiger partial charge in [0.05, 0.1) is 11.0 Å². The van der Waals surface area contributed by atoms with Crippen LogP contribution in [0.15, 0.2) is 54.9 Å². The number of hydrogen-bond donors (Lipinski definition) is 1. The average molecular weight is 349 g/mol. The van der Waals surface area contributed by atoms with Crippen molar-refractivity contribution in [1.29, 1.82) is 0 Å². The molecule has 0 spiro atoms. The molecule has 7 heteroatoms. The van der Waals surface area contributed by atoms with E-state index in [0.29, 0.717) is 10.7 Å². The molecule has 0 aliphatic heterocycles. The SMILES string of the molecule is CCc1nnc(NC(=O)c2ccc(-n3cnc4ccccc43)cc2)s1. The Bertz CT molecular complexity index is 1040. The van der Waals surface area contributed by atoms with Gasteiger partial charge in [-0.15, -0.1) is 10.2 Å². The highest BCUT2D eigenvalue weighted by molar-refractivity contribution is 7.15. The second-order valence-corrected chi connectivity index (χ2v) is 6.52. The minimum Gasteiger partial charge on any atom is -0.299 e. The van der Waals surface area contributed by atoms with Crippen molar-refractivity contribution in [3.05, 3.63) is 65.4 Å². The minimum atomic E-state index is -0.194. The number of fused-ring (bicyclic) bond motifs is 1. The molecular weight excluding hydrogens is 334 g/mol. The molecule has 2 heterocycles. The summed E-state index contributed by atoms with van der Waals surface area (Å²) in [5.74, 6) is -0.194. The predicted octanol–water partition coefficient (Wildman–Crippen LogP) is 3.69. The van der Waals surface area contributed by atoms with E-state index >= 15 is 0 Å². The number of aryl methyl sites for hydroxylation is 1. The maximum Gasteiger partial charge on any atom is 0.257 e. The Hall–Kier alpha value is -3.06. The van der Waals surface area contributed by atoms with Crippen LogP contribution in [0.5, 0.6) is 0 Å². The number of aromatic nitrogens is 4. The van der Waals surface area contributed by atoms with Gasteiger partial charge in [0.1, 0.15) is 11.3 Å². The molecule has 0 saturated carbocycles. The van der Waals surface area contributed by atoms with Gasteiger partial charge < -0.3 is 0 Å². The Morgan fingerprint density at radius 1 is 1.12 bits per heavy atom. The van der Waals surface area contributed by atoms with Crippen molar-refractivity contribution in [2.45, 2.75) is 13.3 Å². The monoisotopic (exact) mass is 349 g/mol. The van der Waals surface area contributed by atoms with Crippen molar-refractivity contribution >= 4 is 33.4 Å². The van der Waals surface area contributed by atoms with Crippen LogP contribution in [-0.4, -0.2) is 25.7 Å². The predicted molar refractivity (Wildman–Crippen MR) is 98.3 cm³/mol. The van der Waals surface area contributed by atoms with Gasteiger partial charge in [0.25, 0.3) is 5.91 Å². The quantitative estimate of drug-likeness (QED) is 0.610. The van der Waals surface area contributed by atoms with E-state index in [4.69, 9.17) is 0 Å². The van der Waals surface area contributed by atoms with Gasteiger partial charge in [-0.1, -0.05) is 30.4 Å². The lowest BCUT2D eigenvalue weighted by atomic mass is 10.2. The standard InChI is InChI=1S/C18H15N5OS/c1-2-16-21-22-18(25-16)20-17(24)12-7-9-13(10-8-12)23-11-19-14-5-3-4-6-15(14)23/h3-11H,2H2,1H3,(H,20,22,24). The molecule has 0 bridgehead atoms. The van der Waals surface area contributed by atoms with Crippen LogP contribution >= 0.6 is 11.3 Å². The van der Waals surface area contributed by atoms with Gasteiger partial charge in [0.15, 0.2) is 0 Å². The van der Waals surface area contributed by atoms with Crippen molar-refractivity contribution in [2.75, 3.05) is 5.32 Å². The minimum absolute atomic E-state index is 0.194. The Balaban J connectivity index is 1.56. The van der Waals surface area contributed by atoms with Crippen LogP contribution < -0.4 is 5.32 Å². The molecule has 2 aromatic heterocycles. The summed E-state index contributed by atoms with van der Waals surface area (Å²) in [5.41, 5.74) is 3.49. The summed E-state index contributed by atoms with van der Waals surface area (Å²) in [5, 5.41) is 12.2. The van der Waals surface area contributed by atoms with E-state index < -0.39 is 0 Å². The maximum atomic E-state index is 12.3. The van der Waals surface area contributed by atoms with Crippen LogP contribution in [0.1, 0.15) is 22.3 Å². The number of nitrogens with one attached hydrogen (secondary N) is 1. The second kappa shape index (κ2) is 6.45. The molecule has 4 rings (SSSR count). The van der Waals surface area contributed by atoms with Gasteiger partial charge in [0.2, 0.25) is 5.13 Å². The zero-order valence-corrected chi connectivity index (χ0v) is 14.3. The van der Waals surface area contributed by atoms with E-state index in [1.807, 2.05) is 47.9 Å². The first kappa shape index (κ1) is 15.5. The summed E-state index contributed by atoms with van der Waals surface area (Å²) in [7, 11) is 0. The summed E-state index contributed by atoms with van der Waals surface area (Å²) in [6, 6.07) is 15.3. The van der Waals surface area contributed by atoms with E-state index in [-0.39, 0.29) is 5.91 Å². The summed E-state index contributed by atoms with van der Waals surface area (Å²) in [4.78, 5) is 16.7. The van der Waals surface area contributed by atoms with Crippen LogP contribution in [-0.2, 0) is 6.42 Å². The molecule has 4 aromatic rings. The van der Waals surface area contributed by atoms with Gasteiger partial charge in [-0.05, 0) is 42.8 Å². The fraction of sp³-hybridized carbons (Fsp3) is 0.111. The molecular formula is C18H15N5OS. The highest BCUT2D eigenvalue weighted by atomic mass is 32.1. The average Bonchev–Trinajstić information content (AvgIpc) is 3.28. The number of carbonyl (C=O) groups excluding carboxylic acids is 1. The highest BCUT2D eigenvalue weighted by Gasteiger charge is 2.10. The number of imidazole rings is 1. The molecule has 0 radical (unpaired) electrons. The second-order valence-electron chi connectivity index (χ2n) is 5.46. The lowest BCUT2D eigenvalue weighted by Crippen LogP contribution is -2.11. The normalized spacial score (nSPS) is 10.9. The van der Waals surface area contributed by atoms with Crippen molar-refractivity contribution < 1.29 is 4.79 Å². The lowest BCUT2D eigenvalue weighted by Gasteiger charge is -2.06. The van der Waals surface area contributed by atoms with Crippen LogP contribution in [0.2, 0.25) is 0 Å². The van der Waals surface area contributed by atoms with Gasteiger partial charge in [-0.2, -0.15) is 0 Å². The number of nitrogens with zero attached hydrogens (tertiary/aromatic N) is 4. The van der Waals surface area contributed by atoms with Crippen molar-refractivity contribution in [2.24, 2.45) is 0 Å². The fourth-order valence-corrected chi connectivity index (χ4v) is 3.23. The van der Waals surface area contributed by atoms with E-state index in [9.17, 15) is 4.79 Å². The molecule has 25 heavy (non-hydrogen) atoms. The lowest BCUT2D eigenvalue weighted by molar-refractivity contribution is 0.102. The van der Waals surface area contributed by atoms with Gasteiger partial charge in [-0.3, -0.25) is 14.7 Å². The molecule has 0 aliphatic carbocycles. The molecule has 0 unspecified atom stereocenters. The van der Waals surface area contributed by atoms with E-state index in [0.717, 1.165) is 28.1 Å². The summed E-state index contributed by atoms with van der Waals surface area (Å²) in [6.45, 7) is 2.00. The molecule has 1 N–H and O–H groups in total. The number of rotatable bonds is 4. The number of amides is 1. The summed E-state index contributed by atoms with van der Waals surface area (Å²) in [6.07, 6.45) is 2.59. The molecule has 0 aliphatic rings. The number of benzene rings is 2. The van der Waals surface area contributed by atoms with Crippen LogP contribution in [0.4, 0.5) is 5.13 Å². The first-order valence-corrected chi connectivity index (χ1v) is 8.72. The molecule has 6 nitrogen and oxygen atoms in total. The zero-order valence-electron chi connectivity index (χ0n) is 13.5. The van der Waals surface area contributed by atoms with Crippen LogP contribution in [0.3, 0.4) is 0 Å². The van der Waals surface area contributed by atoms with Gasteiger partial charge in [-0.25, -0.2) is 4.98 Å². The van der Waals surface area contributed by atoms with Crippen molar-refractivity contribution in [1.82, 2.24) is 19.7 Å². The first-order chi connectivity index (χ1) is 12.2. The van der Waals surface area contributed by atoms with E-state index in [2.05, 4.69) is 20.5 Å². The largest absolute Gasteiger partial charge is 0.299 e. The Morgan fingerprint density at radius 3 is 2.68 bits per heavy atom. The van der Waals surface area contributed by atoms with Crippen LogP contribution in [0, 0.1) is 0 Å². The maximum absolute atomic E-state index is 12.3. The van der Waals surface area contributed by atoms with Crippen LogP contribution in [0.25, 0.3) is 16.7 Å². The van der Waals surface area contributed by atoms with E-state index in [1.165, 1.54) is 11.3 Å². The number of carbonyl (C=O) groups is 1. The number of hydrogen-bond acceptors (Lipinski definition) is 5. The topological polar surface area (TPSA) is 72.7 Å². The third-order valence-corrected chi connectivity index (χ3v) is 4.83. The number of anilines is 1. The molecule has 1 amide bonds. The highest BCUT2D eigenvalue weighted by Crippen LogP contribution is 2.20. The summed E-state index contributed by atoms with van der Waals surface area (Å²) >= 11 is 1.39. The first-order valence-electron chi connectivity index (χ1n) is 7.91. The Kier molecular flexibility index (Phi) is 3.99. The van der Waals surface area contributed by atoms with Crippen molar-refractivity contribution in [3.8, 4) is 5.69 Å². The van der Waals surface area contributed by atoms with Gasteiger partial charge >= 0.3 is 0 Å². The molecule has 124 valence electrons. The number of para-hydroxylation sites is 2. The van der Waals surface area contributed by atoms with Crippen molar-refractivity contribution in [3.63, 3.8) is 0 Å².